The molecule has 4 heterocycles. The first-order valence-electron chi connectivity index (χ1n) is 17.0. The molecule has 0 amide bonds. The summed E-state index contributed by atoms with van der Waals surface area (Å²) < 4.78 is 26.0. The normalized spacial score (nSPS) is 44.4. The van der Waals surface area contributed by atoms with Gasteiger partial charge in [-0.25, -0.2) is 0 Å². The zero-order valence-corrected chi connectivity index (χ0v) is 28.8. The van der Waals surface area contributed by atoms with Gasteiger partial charge < -0.3 is 39.1 Å². The maximum absolute atomic E-state index is 14.2. The van der Waals surface area contributed by atoms with Crippen LogP contribution in [0.1, 0.15) is 73.6 Å². The summed E-state index contributed by atoms with van der Waals surface area (Å²) in [7, 11) is 1.52. The van der Waals surface area contributed by atoms with Crippen molar-refractivity contribution in [3.8, 4) is 0 Å². The highest BCUT2D eigenvalue weighted by atomic mass is 16.7. The molecule has 11 atom stereocenters. The molecule has 5 rings (SSSR count). The van der Waals surface area contributed by atoms with E-state index in [2.05, 4.69) is 31.2 Å². The van der Waals surface area contributed by atoms with Crippen LogP contribution < -0.4 is 0 Å². The molecule has 3 fully saturated rings. The Bertz CT molecular complexity index is 1360. The van der Waals surface area contributed by atoms with Gasteiger partial charge in [-0.15, -0.1) is 0 Å². The Labute approximate surface area is 278 Å². The monoisotopic (exact) mass is 655 g/mol. The molecule has 47 heavy (non-hydrogen) atoms. The van der Waals surface area contributed by atoms with Gasteiger partial charge in [0.25, 0.3) is 0 Å². The third-order valence-corrected chi connectivity index (χ3v) is 10.4. The van der Waals surface area contributed by atoms with E-state index in [1.54, 1.807) is 13.0 Å². The Morgan fingerprint density at radius 2 is 2.00 bits per heavy atom. The minimum Gasteiger partial charge on any atom is -0.462 e. The van der Waals surface area contributed by atoms with E-state index in [4.69, 9.17) is 23.8 Å². The Kier molecular flexibility index (Phi) is 11.0. The number of hydrogen-bond donors (Lipinski definition) is 3. The highest BCUT2D eigenvalue weighted by Gasteiger charge is 2.60. The van der Waals surface area contributed by atoms with Gasteiger partial charge in [-0.2, -0.15) is 0 Å². The number of carbonyl (C=O) groups excluding carboxylic acids is 1. The number of esters is 1. The summed E-state index contributed by atoms with van der Waals surface area (Å²) in [6.07, 6.45) is 10.7. The summed E-state index contributed by atoms with van der Waals surface area (Å²) >= 11 is 0. The molecule has 5 aliphatic rings. The van der Waals surface area contributed by atoms with Crippen LogP contribution in [0.2, 0.25) is 0 Å². The Morgan fingerprint density at radius 1 is 1.23 bits per heavy atom. The van der Waals surface area contributed by atoms with Gasteiger partial charge in [0.05, 0.1) is 24.5 Å². The third-order valence-electron chi connectivity index (χ3n) is 10.4. The molecule has 3 saturated heterocycles. The number of aliphatic hydroxyl groups is 3. The number of allylic oxidation sites excluding steroid dienone is 4. The molecule has 260 valence electrons. The van der Waals surface area contributed by atoms with Crippen LogP contribution in [-0.2, 0) is 28.6 Å². The zero-order chi connectivity index (χ0) is 34.1. The average molecular weight is 656 g/mol. The van der Waals surface area contributed by atoms with Crippen LogP contribution >= 0.6 is 0 Å². The molecule has 4 aliphatic heterocycles. The predicted molar refractivity (Wildman–Crippen MR) is 177 cm³/mol. The van der Waals surface area contributed by atoms with Gasteiger partial charge in [-0.05, 0) is 62.2 Å². The van der Waals surface area contributed by atoms with Gasteiger partial charge in [0.15, 0.2) is 5.79 Å². The van der Waals surface area contributed by atoms with Crippen molar-refractivity contribution in [1.29, 1.82) is 0 Å². The summed E-state index contributed by atoms with van der Waals surface area (Å²) in [6.45, 7) is 12.1. The lowest BCUT2D eigenvalue weighted by Gasteiger charge is -2.50. The summed E-state index contributed by atoms with van der Waals surface area (Å²) in [5, 5.41) is 37.3. The first kappa shape index (κ1) is 35.7. The summed E-state index contributed by atoms with van der Waals surface area (Å²) in [5.41, 5.74) is 2.27. The standard InChI is InChI=1S/C37H53NO9/c1-21-9-8-10-27-20-44-34-32(40)24(4)15-30(37(27,34)42)35(41)45-29-16-28(12-11-22(2)13-21)46-36(17-29)18-31(38-43-7)26(6)33(47-36)25(5)14-23(3)19-39/h8-11,14-15,21,23,26,28-30,32-34,39-40,42H,12-13,16-20H2,1-7H3/b9-8+,22-11+,25-14+,27-10+,38-31+/t21-,23?,26-,28+,29-,30-,32+,33?,34+,36-,37+/m0/s1. The first-order chi connectivity index (χ1) is 22.3. The van der Waals surface area contributed by atoms with Gasteiger partial charge in [0, 0.05) is 31.8 Å². The van der Waals surface area contributed by atoms with Crippen molar-refractivity contribution in [3.63, 3.8) is 0 Å². The number of carbonyl (C=O) groups is 1. The zero-order valence-electron chi connectivity index (χ0n) is 28.8. The lowest BCUT2D eigenvalue weighted by Crippen LogP contribution is -2.59. The van der Waals surface area contributed by atoms with E-state index in [0.717, 1.165) is 17.7 Å². The predicted octanol–water partition coefficient (Wildman–Crippen LogP) is 4.70. The smallest absolute Gasteiger partial charge is 0.316 e. The minimum atomic E-state index is -1.76. The molecule has 1 spiro atoms. The van der Waals surface area contributed by atoms with E-state index >= 15 is 0 Å². The molecular weight excluding hydrogens is 602 g/mol. The van der Waals surface area contributed by atoms with Crippen molar-refractivity contribution < 1.29 is 43.9 Å². The molecule has 0 saturated carbocycles. The van der Waals surface area contributed by atoms with E-state index < -0.39 is 47.7 Å². The summed E-state index contributed by atoms with van der Waals surface area (Å²) in [5.74, 6) is -2.76. The van der Waals surface area contributed by atoms with Crippen molar-refractivity contribution in [2.45, 2.75) is 116 Å². The highest BCUT2D eigenvalue weighted by molar-refractivity contribution is 5.88. The topological polar surface area (TPSA) is 136 Å². The van der Waals surface area contributed by atoms with Crippen LogP contribution in [0.5, 0.6) is 0 Å². The third kappa shape index (κ3) is 7.38. The van der Waals surface area contributed by atoms with Crippen molar-refractivity contribution in [2.75, 3.05) is 20.3 Å². The number of fused-ring (bicyclic) bond motifs is 2. The van der Waals surface area contributed by atoms with E-state index in [1.165, 1.54) is 12.7 Å². The van der Waals surface area contributed by atoms with Crippen LogP contribution in [-0.4, -0.2) is 89.2 Å². The average Bonchev–Trinajstić information content (AvgIpc) is 3.35. The molecule has 1 aliphatic carbocycles. The molecule has 0 aromatic carbocycles. The number of hydrogen-bond acceptors (Lipinski definition) is 10. The fourth-order valence-corrected chi connectivity index (χ4v) is 7.91. The molecule has 10 nitrogen and oxygen atoms in total. The second-order valence-electron chi connectivity index (χ2n) is 14.4. The van der Waals surface area contributed by atoms with Crippen LogP contribution in [0.15, 0.2) is 63.9 Å². The minimum absolute atomic E-state index is 0.0144. The van der Waals surface area contributed by atoms with Gasteiger partial charge >= 0.3 is 5.97 Å². The van der Waals surface area contributed by atoms with Crippen LogP contribution in [0, 0.1) is 23.7 Å². The number of oxime groups is 1. The van der Waals surface area contributed by atoms with E-state index in [0.29, 0.717) is 30.4 Å². The molecule has 10 heteroatoms. The maximum atomic E-state index is 14.2. The van der Waals surface area contributed by atoms with Crippen LogP contribution in [0.3, 0.4) is 0 Å². The van der Waals surface area contributed by atoms with Gasteiger partial charge in [0.2, 0.25) is 0 Å². The first-order valence-corrected chi connectivity index (χ1v) is 17.0. The number of ether oxygens (including phenoxy) is 4. The van der Waals surface area contributed by atoms with Gasteiger partial charge in [-0.3, -0.25) is 4.79 Å². The van der Waals surface area contributed by atoms with Crippen molar-refractivity contribution in [3.05, 3.63) is 58.7 Å². The second kappa shape index (κ2) is 14.5. The van der Waals surface area contributed by atoms with E-state index in [-0.39, 0.29) is 43.5 Å². The Balaban J connectivity index is 1.55. The van der Waals surface area contributed by atoms with E-state index in [9.17, 15) is 20.1 Å². The molecule has 2 unspecified atom stereocenters. The molecule has 0 aromatic rings. The number of rotatable bonds is 4. The lowest BCUT2D eigenvalue weighted by atomic mass is 9.71. The molecule has 2 bridgehead atoms. The van der Waals surface area contributed by atoms with Gasteiger partial charge in [0.1, 0.15) is 36.9 Å². The molecule has 0 aromatic heterocycles. The summed E-state index contributed by atoms with van der Waals surface area (Å²) in [4.78, 5) is 19.4. The van der Waals surface area contributed by atoms with E-state index in [1.807, 2.05) is 39.0 Å². The van der Waals surface area contributed by atoms with Crippen molar-refractivity contribution in [2.24, 2.45) is 28.8 Å². The SMILES string of the molecule is CO/N=C1\C[C@]2(C[C@@H]3C[C@@H](C/C=C(\C)C[C@@H](C)/C=C/C=C4\CO[C@@H]5[C@H](O)C(C)=C[C@@H](C(=O)O3)[C@]45O)O2)OC(/C(C)=C/C(C)CO)[C@H]1C. The molecular formula is C37H53NO9. The van der Waals surface area contributed by atoms with Gasteiger partial charge in [-0.1, -0.05) is 68.0 Å². The maximum Gasteiger partial charge on any atom is 0.316 e. The fourth-order valence-electron chi connectivity index (χ4n) is 7.91. The van der Waals surface area contributed by atoms with Crippen molar-refractivity contribution >= 4 is 11.7 Å². The van der Waals surface area contributed by atoms with Crippen LogP contribution in [0.25, 0.3) is 0 Å². The van der Waals surface area contributed by atoms with Crippen molar-refractivity contribution in [1.82, 2.24) is 0 Å². The second-order valence-corrected chi connectivity index (χ2v) is 14.4. The quantitative estimate of drug-likeness (QED) is 0.224. The fraction of sp³-hybridized carbons (Fsp3) is 0.676. The Hall–Kier alpha value is -2.60. The highest BCUT2D eigenvalue weighted by Crippen LogP contribution is 2.47. The number of nitrogens with zero attached hydrogens (tertiary/aromatic N) is 1. The molecule has 0 radical (unpaired) electrons. The largest absolute Gasteiger partial charge is 0.462 e. The molecule has 3 N–H and O–H groups in total. The van der Waals surface area contributed by atoms with Crippen LogP contribution in [0.4, 0.5) is 0 Å². The lowest BCUT2D eigenvalue weighted by molar-refractivity contribution is -0.313. The number of aliphatic hydroxyl groups excluding tert-OH is 2. The summed E-state index contributed by atoms with van der Waals surface area (Å²) in [6, 6.07) is 0. The Morgan fingerprint density at radius 3 is 2.72 bits per heavy atom.